The van der Waals surface area contributed by atoms with Gasteiger partial charge in [-0.15, -0.1) is 0 Å². The van der Waals surface area contributed by atoms with Crippen molar-refractivity contribution in [2.45, 2.75) is 38.3 Å². The topological polar surface area (TPSA) is 96.2 Å². The molecule has 2 heterocycles. The van der Waals surface area contributed by atoms with Crippen molar-refractivity contribution in [1.29, 1.82) is 0 Å². The van der Waals surface area contributed by atoms with Gasteiger partial charge < -0.3 is 20.3 Å². The van der Waals surface area contributed by atoms with Gasteiger partial charge in [0.05, 0.1) is 5.69 Å². The molecule has 1 aromatic heterocycles. The second kappa shape index (κ2) is 8.15. The Morgan fingerprint density at radius 1 is 1.33 bits per heavy atom. The SMILES string of the molecule is O=C(O)CCCNC(=O)NC1CCc2nc(-c3ccc(F)cc3F)cn2C1. The number of nitrogens with zero attached hydrogens (tertiary/aromatic N) is 2. The Bertz CT molecular complexity index is 853. The van der Waals surface area contributed by atoms with Gasteiger partial charge in [-0.2, -0.15) is 0 Å². The third kappa shape index (κ3) is 4.81. The second-order valence-corrected chi connectivity index (χ2v) is 6.45. The van der Waals surface area contributed by atoms with Crippen molar-refractivity contribution in [1.82, 2.24) is 20.2 Å². The lowest BCUT2D eigenvalue weighted by atomic mass is 10.1. The van der Waals surface area contributed by atoms with E-state index in [1.54, 1.807) is 6.20 Å². The van der Waals surface area contributed by atoms with E-state index in [0.29, 0.717) is 31.5 Å². The number of amides is 2. The van der Waals surface area contributed by atoms with Crippen molar-refractivity contribution in [2.75, 3.05) is 6.54 Å². The molecule has 2 amide bonds. The van der Waals surface area contributed by atoms with Gasteiger partial charge in [-0.05, 0) is 25.0 Å². The number of aliphatic carboxylic acids is 1. The van der Waals surface area contributed by atoms with Gasteiger partial charge in [0.15, 0.2) is 0 Å². The molecule has 1 aliphatic heterocycles. The Balaban J connectivity index is 1.58. The maximum atomic E-state index is 14.0. The Morgan fingerprint density at radius 3 is 2.89 bits per heavy atom. The number of halogens is 2. The van der Waals surface area contributed by atoms with Gasteiger partial charge in [-0.1, -0.05) is 0 Å². The summed E-state index contributed by atoms with van der Waals surface area (Å²) < 4.78 is 28.9. The molecule has 9 heteroatoms. The lowest BCUT2D eigenvalue weighted by molar-refractivity contribution is -0.137. The molecule has 0 radical (unpaired) electrons. The van der Waals surface area contributed by atoms with Crippen molar-refractivity contribution in [2.24, 2.45) is 0 Å². The third-order valence-electron chi connectivity index (χ3n) is 4.39. The highest BCUT2D eigenvalue weighted by Crippen LogP contribution is 2.25. The van der Waals surface area contributed by atoms with E-state index in [1.807, 2.05) is 4.57 Å². The Hall–Kier alpha value is -2.97. The van der Waals surface area contributed by atoms with E-state index in [2.05, 4.69) is 15.6 Å². The smallest absolute Gasteiger partial charge is 0.315 e. The van der Waals surface area contributed by atoms with E-state index in [-0.39, 0.29) is 30.6 Å². The molecule has 0 bridgehead atoms. The summed E-state index contributed by atoms with van der Waals surface area (Å²) in [4.78, 5) is 26.8. The number of urea groups is 1. The number of nitrogens with one attached hydrogen (secondary N) is 2. The zero-order valence-electron chi connectivity index (χ0n) is 14.5. The van der Waals surface area contributed by atoms with Gasteiger partial charge in [0, 0.05) is 49.8 Å². The Labute approximate surface area is 154 Å². The van der Waals surface area contributed by atoms with E-state index in [1.165, 1.54) is 12.1 Å². The number of carboxylic acids is 1. The maximum Gasteiger partial charge on any atom is 0.315 e. The number of hydrogen-bond acceptors (Lipinski definition) is 3. The van der Waals surface area contributed by atoms with Crippen LogP contribution >= 0.6 is 0 Å². The number of aromatic nitrogens is 2. The minimum Gasteiger partial charge on any atom is -0.481 e. The zero-order valence-corrected chi connectivity index (χ0v) is 14.5. The summed E-state index contributed by atoms with van der Waals surface area (Å²) in [7, 11) is 0. The van der Waals surface area contributed by atoms with Crippen LogP contribution in [-0.2, 0) is 17.8 Å². The fourth-order valence-corrected chi connectivity index (χ4v) is 3.07. The molecule has 1 aliphatic rings. The summed E-state index contributed by atoms with van der Waals surface area (Å²) in [6, 6.07) is 2.91. The molecule has 144 valence electrons. The summed E-state index contributed by atoms with van der Waals surface area (Å²) in [5.74, 6) is -1.42. The largest absolute Gasteiger partial charge is 0.481 e. The molecule has 2 aromatic rings. The molecule has 3 rings (SSSR count). The van der Waals surface area contributed by atoms with E-state index in [0.717, 1.165) is 11.9 Å². The number of imidazole rings is 1. The average molecular weight is 378 g/mol. The lowest BCUT2D eigenvalue weighted by Crippen LogP contribution is -2.46. The normalized spacial score (nSPS) is 15.9. The molecule has 1 aromatic carbocycles. The summed E-state index contributed by atoms with van der Waals surface area (Å²) in [5.41, 5.74) is 0.667. The number of aryl methyl sites for hydroxylation is 1. The Morgan fingerprint density at radius 2 is 2.15 bits per heavy atom. The van der Waals surface area contributed by atoms with Crippen LogP contribution in [0.4, 0.5) is 13.6 Å². The molecule has 3 N–H and O–H groups in total. The molecule has 0 saturated heterocycles. The van der Waals surface area contributed by atoms with Crippen LogP contribution in [0, 0.1) is 11.6 Å². The first-order valence-electron chi connectivity index (χ1n) is 8.70. The second-order valence-electron chi connectivity index (χ2n) is 6.45. The van der Waals surface area contributed by atoms with Gasteiger partial charge in [0.2, 0.25) is 0 Å². The molecular formula is C18H20F2N4O3. The van der Waals surface area contributed by atoms with E-state index in [9.17, 15) is 18.4 Å². The van der Waals surface area contributed by atoms with Crippen LogP contribution in [0.2, 0.25) is 0 Å². The monoisotopic (exact) mass is 378 g/mol. The van der Waals surface area contributed by atoms with Crippen LogP contribution in [0.1, 0.15) is 25.1 Å². The van der Waals surface area contributed by atoms with Crippen LogP contribution in [0.3, 0.4) is 0 Å². The molecule has 1 unspecified atom stereocenters. The zero-order chi connectivity index (χ0) is 19.4. The molecule has 27 heavy (non-hydrogen) atoms. The predicted molar refractivity (Wildman–Crippen MR) is 93.1 cm³/mol. The standard InChI is InChI=1S/C18H20F2N4O3/c19-11-3-5-13(14(20)8-11)15-10-24-9-12(4-6-16(24)23-15)22-18(27)21-7-1-2-17(25)26/h3,5,8,10,12H,1-2,4,6-7,9H2,(H,25,26)(H2,21,22,27). The molecule has 0 aliphatic carbocycles. The first-order valence-corrected chi connectivity index (χ1v) is 8.70. The number of carbonyl (C=O) groups excluding carboxylic acids is 1. The highest BCUT2D eigenvalue weighted by atomic mass is 19.1. The van der Waals surface area contributed by atoms with E-state index >= 15 is 0 Å². The quantitative estimate of drug-likeness (QED) is 0.672. The van der Waals surface area contributed by atoms with E-state index in [4.69, 9.17) is 5.11 Å². The molecular weight excluding hydrogens is 358 g/mol. The third-order valence-corrected chi connectivity index (χ3v) is 4.39. The number of fused-ring (bicyclic) bond motifs is 1. The number of carbonyl (C=O) groups is 2. The molecule has 7 nitrogen and oxygen atoms in total. The summed E-state index contributed by atoms with van der Waals surface area (Å²) in [6.45, 7) is 0.781. The number of rotatable bonds is 6. The molecule has 0 spiro atoms. The van der Waals surface area contributed by atoms with Crippen LogP contribution in [0.25, 0.3) is 11.3 Å². The van der Waals surface area contributed by atoms with Crippen LogP contribution in [-0.4, -0.2) is 39.2 Å². The molecule has 0 saturated carbocycles. The van der Waals surface area contributed by atoms with Crippen molar-refractivity contribution in [3.05, 3.63) is 41.9 Å². The maximum absolute atomic E-state index is 14.0. The number of benzene rings is 1. The van der Waals surface area contributed by atoms with Crippen molar-refractivity contribution in [3.63, 3.8) is 0 Å². The minimum atomic E-state index is -0.898. The summed E-state index contributed by atoms with van der Waals surface area (Å²) in [5, 5.41) is 14.0. The molecule has 1 atom stereocenters. The fourth-order valence-electron chi connectivity index (χ4n) is 3.07. The van der Waals surface area contributed by atoms with E-state index < -0.39 is 17.6 Å². The van der Waals surface area contributed by atoms with Gasteiger partial charge in [-0.3, -0.25) is 4.79 Å². The van der Waals surface area contributed by atoms with Gasteiger partial charge in [-0.25, -0.2) is 18.6 Å². The number of hydrogen-bond donors (Lipinski definition) is 3. The van der Waals surface area contributed by atoms with Gasteiger partial charge >= 0.3 is 12.0 Å². The van der Waals surface area contributed by atoms with Crippen molar-refractivity contribution < 1.29 is 23.5 Å². The van der Waals surface area contributed by atoms with Crippen LogP contribution < -0.4 is 10.6 Å². The molecule has 0 fully saturated rings. The van der Waals surface area contributed by atoms with Gasteiger partial charge in [0.1, 0.15) is 17.5 Å². The van der Waals surface area contributed by atoms with Crippen molar-refractivity contribution >= 4 is 12.0 Å². The van der Waals surface area contributed by atoms with Crippen LogP contribution in [0.15, 0.2) is 24.4 Å². The highest BCUT2D eigenvalue weighted by molar-refractivity contribution is 5.74. The minimum absolute atomic E-state index is 0.00479. The first-order chi connectivity index (χ1) is 12.9. The summed E-state index contributed by atoms with van der Waals surface area (Å²) in [6.07, 6.45) is 3.37. The lowest BCUT2D eigenvalue weighted by Gasteiger charge is -2.24. The fraction of sp³-hybridized carbons (Fsp3) is 0.389. The van der Waals surface area contributed by atoms with Crippen molar-refractivity contribution in [3.8, 4) is 11.3 Å². The first kappa shape index (κ1) is 18.8. The summed E-state index contributed by atoms with van der Waals surface area (Å²) >= 11 is 0. The highest BCUT2D eigenvalue weighted by Gasteiger charge is 2.23. The Kier molecular flexibility index (Phi) is 5.68. The predicted octanol–water partition coefficient (Wildman–Crippen LogP) is 2.31. The average Bonchev–Trinajstić information content (AvgIpc) is 3.01. The van der Waals surface area contributed by atoms with Gasteiger partial charge in [0.25, 0.3) is 0 Å². The van der Waals surface area contributed by atoms with Crippen LogP contribution in [0.5, 0.6) is 0 Å². The number of carboxylic acid groups (broad SMARTS) is 1.